The van der Waals surface area contributed by atoms with Crippen molar-refractivity contribution >= 4 is 21.5 Å². The molecule has 0 amide bonds. The zero-order valence-corrected chi connectivity index (χ0v) is 15.3. The summed E-state index contributed by atoms with van der Waals surface area (Å²) >= 11 is 0. The smallest absolute Gasteiger partial charge is 0.243 e. The molecular weight excluding hydrogens is 352 g/mol. The van der Waals surface area contributed by atoms with E-state index in [4.69, 9.17) is 0 Å². The first-order valence-corrected chi connectivity index (χ1v) is 9.74. The summed E-state index contributed by atoms with van der Waals surface area (Å²) in [6.45, 7) is 3.93. The van der Waals surface area contributed by atoms with Gasteiger partial charge in [0, 0.05) is 42.9 Å². The first kappa shape index (κ1) is 16.9. The van der Waals surface area contributed by atoms with Crippen molar-refractivity contribution in [2.45, 2.75) is 31.7 Å². The molecule has 0 bridgehead atoms. The third kappa shape index (κ3) is 2.71. The molecule has 0 fully saturated rings. The van der Waals surface area contributed by atoms with Crippen LogP contribution in [0.4, 0.5) is 0 Å². The van der Waals surface area contributed by atoms with Crippen LogP contribution in [-0.2, 0) is 23.0 Å². The second kappa shape index (κ2) is 6.00. The first-order valence-electron chi connectivity index (χ1n) is 8.30. The Morgan fingerprint density at radius 3 is 2.81 bits per heavy atom. The molecule has 0 spiro atoms. The maximum Gasteiger partial charge on any atom is 0.243 e. The van der Waals surface area contributed by atoms with E-state index in [1.54, 1.807) is 22.8 Å². The Morgan fingerprint density at radius 2 is 2.04 bits per heavy atom. The van der Waals surface area contributed by atoms with Gasteiger partial charge in [0.25, 0.3) is 0 Å². The Kier molecular flexibility index (Phi) is 3.89. The van der Waals surface area contributed by atoms with Crippen molar-refractivity contribution in [3.05, 3.63) is 59.0 Å². The summed E-state index contributed by atoms with van der Waals surface area (Å²) in [4.78, 5) is 16.1. The van der Waals surface area contributed by atoms with Crippen molar-refractivity contribution in [3.8, 4) is 0 Å². The summed E-state index contributed by atoms with van der Waals surface area (Å²) in [5, 5.41) is 4.45. The number of benzene rings is 1. The third-order valence-corrected chi connectivity index (χ3v) is 6.46. The summed E-state index contributed by atoms with van der Waals surface area (Å²) in [6, 6.07) is 8.07. The topological polar surface area (TPSA) is 84.6 Å². The molecule has 3 heterocycles. The SMILES string of the molecule is CC(=O)c1cccc(S(=O)(=O)N2CCc3c(cnc4cc(C)nn34)C2)c1. The number of rotatable bonds is 3. The maximum absolute atomic E-state index is 13.0. The number of fused-ring (bicyclic) bond motifs is 3. The van der Waals surface area contributed by atoms with Crippen LogP contribution in [0.15, 0.2) is 41.4 Å². The molecule has 1 aliphatic heterocycles. The summed E-state index contributed by atoms with van der Waals surface area (Å²) < 4.78 is 29.2. The van der Waals surface area contributed by atoms with Gasteiger partial charge < -0.3 is 0 Å². The van der Waals surface area contributed by atoms with Crippen molar-refractivity contribution in [2.24, 2.45) is 0 Å². The van der Waals surface area contributed by atoms with E-state index >= 15 is 0 Å². The van der Waals surface area contributed by atoms with E-state index in [1.165, 1.54) is 23.4 Å². The van der Waals surface area contributed by atoms with Gasteiger partial charge >= 0.3 is 0 Å². The normalized spacial score (nSPS) is 15.2. The average Bonchev–Trinajstić information content (AvgIpc) is 3.02. The van der Waals surface area contributed by atoms with Gasteiger partial charge in [0.15, 0.2) is 11.4 Å². The highest BCUT2D eigenvalue weighted by Gasteiger charge is 2.30. The van der Waals surface area contributed by atoms with Gasteiger partial charge in [0.05, 0.1) is 16.3 Å². The van der Waals surface area contributed by atoms with Crippen LogP contribution in [0.2, 0.25) is 0 Å². The number of carbonyl (C=O) groups excluding carboxylic acids is 1. The maximum atomic E-state index is 13.0. The van der Waals surface area contributed by atoms with E-state index in [0.29, 0.717) is 18.5 Å². The molecule has 0 saturated carbocycles. The van der Waals surface area contributed by atoms with E-state index < -0.39 is 10.0 Å². The van der Waals surface area contributed by atoms with Crippen molar-refractivity contribution in [1.29, 1.82) is 0 Å². The van der Waals surface area contributed by atoms with Gasteiger partial charge in [-0.05, 0) is 26.0 Å². The molecule has 0 radical (unpaired) electrons. The van der Waals surface area contributed by atoms with Crippen LogP contribution in [0, 0.1) is 6.92 Å². The highest BCUT2D eigenvalue weighted by atomic mass is 32.2. The molecule has 4 rings (SSSR count). The fourth-order valence-corrected chi connectivity index (χ4v) is 4.72. The molecular formula is C18H18N4O3S. The fraction of sp³-hybridized carbons (Fsp3) is 0.278. The van der Waals surface area contributed by atoms with E-state index in [-0.39, 0.29) is 17.2 Å². The largest absolute Gasteiger partial charge is 0.295 e. The Bertz CT molecular complexity index is 1130. The van der Waals surface area contributed by atoms with Crippen LogP contribution < -0.4 is 0 Å². The van der Waals surface area contributed by atoms with Gasteiger partial charge in [0.2, 0.25) is 10.0 Å². The Labute approximate surface area is 151 Å². The molecule has 134 valence electrons. The standard InChI is InChI=1S/C18H18N4O3S/c1-12-8-18-19-10-15-11-21(7-6-17(15)22(18)20-12)26(24,25)16-5-3-4-14(9-16)13(2)23/h3-5,8-10H,6-7,11H2,1-2H3. The number of ketones is 1. The quantitative estimate of drug-likeness (QED) is 0.658. The van der Waals surface area contributed by atoms with Crippen LogP contribution in [0.5, 0.6) is 0 Å². The lowest BCUT2D eigenvalue weighted by Crippen LogP contribution is -2.37. The minimum absolute atomic E-state index is 0.137. The van der Waals surface area contributed by atoms with Crippen molar-refractivity contribution in [2.75, 3.05) is 6.54 Å². The van der Waals surface area contributed by atoms with Gasteiger partial charge in [-0.3, -0.25) is 4.79 Å². The Morgan fingerprint density at radius 1 is 1.23 bits per heavy atom. The molecule has 0 N–H and O–H groups in total. The van der Waals surface area contributed by atoms with E-state index in [0.717, 1.165) is 22.6 Å². The van der Waals surface area contributed by atoms with E-state index in [9.17, 15) is 13.2 Å². The minimum atomic E-state index is -3.69. The number of nitrogens with zero attached hydrogens (tertiary/aromatic N) is 4. The lowest BCUT2D eigenvalue weighted by Gasteiger charge is -2.28. The fourth-order valence-electron chi connectivity index (χ4n) is 3.26. The van der Waals surface area contributed by atoms with Gasteiger partial charge in [0.1, 0.15) is 0 Å². The average molecular weight is 370 g/mol. The number of hydrogen-bond acceptors (Lipinski definition) is 5. The lowest BCUT2D eigenvalue weighted by atomic mass is 10.1. The van der Waals surface area contributed by atoms with Crippen molar-refractivity contribution in [3.63, 3.8) is 0 Å². The number of aryl methyl sites for hydroxylation is 1. The second-order valence-electron chi connectivity index (χ2n) is 6.46. The number of Topliss-reactive ketones (excluding diaryl/α,β-unsaturated/α-hetero) is 1. The summed E-state index contributed by atoms with van der Waals surface area (Å²) in [5.41, 5.74) is 3.87. The van der Waals surface area contributed by atoms with Crippen molar-refractivity contribution < 1.29 is 13.2 Å². The lowest BCUT2D eigenvalue weighted by molar-refractivity contribution is 0.101. The zero-order valence-electron chi connectivity index (χ0n) is 14.5. The molecule has 1 aromatic carbocycles. The molecule has 7 nitrogen and oxygen atoms in total. The Hall–Kier alpha value is -2.58. The highest BCUT2D eigenvalue weighted by Crippen LogP contribution is 2.25. The monoisotopic (exact) mass is 370 g/mol. The van der Waals surface area contributed by atoms with Crippen molar-refractivity contribution in [1.82, 2.24) is 18.9 Å². The van der Waals surface area contributed by atoms with Gasteiger partial charge in [-0.25, -0.2) is 17.9 Å². The van der Waals surface area contributed by atoms with Crippen LogP contribution >= 0.6 is 0 Å². The molecule has 8 heteroatoms. The zero-order chi connectivity index (χ0) is 18.5. The summed E-state index contributed by atoms with van der Waals surface area (Å²) in [7, 11) is -3.69. The van der Waals surface area contributed by atoms with E-state index in [1.807, 2.05) is 13.0 Å². The van der Waals surface area contributed by atoms with Crippen LogP contribution in [0.3, 0.4) is 0 Å². The summed E-state index contributed by atoms with van der Waals surface area (Å²) in [6.07, 6.45) is 2.28. The third-order valence-electron chi connectivity index (χ3n) is 4.61. The molecule has 26 heavy (non-hydrogen) atoms. The number of sulfonamides is 1. The number of hydrogen-bond donors (Lipinski definition) is 0. The molecule has 3 aromatic rings. The highest BCUT2D eigenvalue weighted by molar-refractivity contribution is 7.89. The minimum Gasteiger partial charge on any atom is -0.295 e. The van der Waals surface area contributed by atoms with E-state index in [2.05, 4.69) is 10.1 Å². The van der Waals surface area contributed by atoms with Gasteiger partial charge in [-0.2, -0.15) is 9.40 Å². The van der Waals surface area contributed by atoms with Gasteiger partial charge in [-0.15, -0.1) is 0 Å². The molecule has 2 aromatic heterocycles. The molecule has 0 saturated heterocycles. The van der Waals surface area contributed by atoms with Crippen LogP contribution in [0.25, 0.3) is 5.65 Å². The molecule has 0 aliphatic carbocycles. The predicted octanol–water partition coefficient (Wildman–Crippen LogP) is 1.99. The first-order chi connectivity index (χ1) is 12.4. The number of carbonyl (C=O) groups is 1. The van der Waals surface area contributed by atoms with Crippen LogP contribution in [-0.4, -0.2) is 39.6 Å². The second-order valence-corrected chi connectivity index (χ2v) is 8.40. The summed E-state index contributed by atoms with van der Waals surface area (Å²) in [5.74, 6) is -0.160. The number of aromatic nitrogens is 3. The molecule has 0 atom stereocenters. The predicted molar refractivity (Wildman–Crippen MR) is 95.5 cm³/mol. The van der Waals surface area contributed by atoms with Gasteiger partial charge in [-0.1, -0.05) is 12.1 Å². The van der Waals surface area contributed by atoms with Crippen LogP contribution in [0.1, 0.15) is 34.2 Å². The Balaban J connectivity index is 1.71. The molecule has 0 unspecified atom stereocenters. The molecule has 1 aliphatic rings.